The summed E-state index contributed by atoms with van der Waals surface area (Å²) in [5.74, 6) is -1.01. The molecule has 1 atom stereocenters. The predicted molar refractivity (Wildman–Crippen MR) is 126 cm³/mol. The summed E-state index contributed by atoms with van der Waals surface area (Å²) in [6.45, 7) is 6.69. The van der Waals surface area contributed by atoms with Gasteiger partial charge in [0.1, 0.15) is 6.04 Å². The largest absolute Gasteiger partial charge is 0.355 e. The fourth-order valence-corrected chi connectivity index (χ4v) is 4.08. The van der Waals surface area contributed by atoms with Crippen LogP contribution >= 0.6 is 0 Å². The second-order valence-corrected chi connectivity index (χ2v) is 8.24. The zero-order chi connectivity index (χ0) is 24.0. The zero-order valence-electron chi connectivity index (χ0n) is 19.5. The van der Waals surface area contributed by atoms with Crippen molar-refractivity contribution in [2.45, 2.75) is 52.6 Å². The van der Waals surface area contributed by atoms with E-state index in [1.54, 1.807) is 29.2 Å². The van der Waals surface area contributed by atoms with Crippen LogP contribution in [-0.4, -0.2) is 52.6 Å². The van der Waals surface area contributed by atoms with Crippen LogP contribution in [0.5, 0.6) is 0 Å². The third-order valence-corrected chi connectivity index (χ3v) is 5.86. The van der Waals surface area contributed by atoms with Crippen LogP contribution in [0.1, 0.15) is 65.0 Å². The molecule has 0 spiro atoms. The van der Waals surface area contributed by atoms with Gasteiger partial charge in [0, 0.05) is 26.1 Å². The highest BCUT2D eigenvalue weighted by Crippen LogP contribution is 2.23. The van der Waals surface area contributed by atoms with Crippen molar-refractivity contribution in [2.24, 2.45) is 0 Å². The van der Waals surface area contributed by atoms with Crippen LogP contribution in [0.25, 0.3) is 0 Å². The van der Waals surface area contributed by atoms with E-state index in [9.17, 15) is 19.2 Å². The lowest BCUT2D eigenvalue weighted by Crippen LogP contribution is -2.49. The maximum Gasteiger partial charge on any atom is 0.261 e. The van der Waals surface area contributed by atoms with Crippen molar-refractivity contribution in [3.63, 3.8) is 0 Å². The summed E-state index contributed by atoms with van der Waals surface area (Å²) < 4.78 is 0. The fourth-order valence-electron chi connectivity index (χ4n) is 4.08. The fraction of sp³-hybridized carbons (Fsp3) is 0.385. The summed E-state index contributed by atoms with van der Waals surface area (Å²) in [4.78, 5) is 53.8. The summed E-state index contributed by atoms with van der Waals surface area (Å²) in [5.41, 5.74) is 2.86. The molecule has 0 saturated heterocycles. The third-order valence-electron chi connectivity index (χ3n) is 5.86. The van der Waals surface area contributed by atoms with Crippen molar-refractivity contribution < 1.29 is 19.2 Å². The van der Waals surface area contributed by atoms with Gasteiger partial charge in [0.15, 0.2) is 0 Å². The van der Waals surface area contributed by atoms with Gasteiger partial charge in [-0.3, -0.25) is 24.1 Å². The minimum Gasteiger partial charge on any atom is -0.355 e. The topological polar surface area (TPSA) is 86.8 Å². The molecule has 1 heterocycles. The Kier molecular flexibility index (Phi) is 7.98. The van der Waals surface area contributed by atoms with Crippen LogP contribution in [-0.2, 0) is 16.1 Å². The summed E-state index contributed by atoms with van der Waals surface area (Å²) in [6, 6.07) is 14.0. The molecule has 4 amide bonds. The summed E-state index contributed by atoms with van der Waals surface area (Å²) in [7, 11) is 0. The Morgan fingerprint density at radius 3 is 2.12 bits per heavy atom. The zero-order valence-corrected chi connectivity index (χ0v) is 19.5. The standard InChI is InChI=1S/C26H31N3O4/c1-4-22(24(31)27-5-2)29(17-19-14-12-18(3)13-15-19)23(30)11-8-16-28-25(32)20-9-6-7-10-21(20)26(28)33/h6-7,9-10,12-15,22H,4-5,8,11,16-17H2,1-3H3,(H,27,31). The van der Waals surface area contributed by atoms with Crippen molar-refractivity contribution >= 4 is 23.6 Å². The van der Waals surface area contributed by atoms with Crippen LogP contribution < -0.4 is 5.32 Å². The van der Waals surface area contributed by atoms with E-state index in [2.05, 4.69) is 5.32 Å². The summed E-state index contributed by atoms with van der Waals surface area (Å²) in [5, 5.41) is 2.82. The van der Waals surface area contributed by atoms with Gasteiger partial charge in [-0.05, 0) is 44.4 Å². The number of hydrogen-bond acceptors (Lipinski definition) is 4. The van der Waals surface area contributed by atoms with E-state index in [0.717, 1.165) is 11.1 Å². The van der Waals surface area contributed by atoms with E-state index >= 15 is 0 Å². The highest BCUT2D eigenvalue weighted by Gasteiger charge is 2.35. The average molecular weight is 450 g/mol. The van der Waals surface area contributed by atoms with Gasteiger partial charge in [0.05, 0.1) is 11.1 Å². The minimum absolute atomic E-state index is 0.134. The van der Waals surface area contributed by atoms with Crippen molar-refractivity contribution in [1.82, 2.24) is 15.1 Å². The predicted octanol–water partition coefficient (Wildman–Crippen LogP) is 3.31. The van der Waals surface area contributed by atoms with Crippen molar-refractivity contribution in [1.29, 1.82) is 0 Å². The number of nitrogens with one attached hydrogen (secondary N) is 1. The molecular weight excluding hydrogens is 418 g/mol. The summed E-state index contributed by atoms with van der Waals surface area (Å²) >= 11 is 0. The maximum atomic E-state index is 13.2. The number of likely N-dealkylation sites (N-methyl/N-ethyl adjacent to an activating group) is 1. The smallest absolute Gasteiger partial charge is 0.261 e. The number of imide groups is 1. The van der Waals surface area contributed by atoms with Gasteiger partial charge in [-0.25, -0.2) is 0 Å². The Labute approximate surface area is 194 Å². The van der Waals surface area contributed by atoms with Crippen LogP contribution in [0.2, 0.25) is 0 Å². The second-order valence-electron chi connectivity index (χ2n) is 8.24. The highest BCUT2D eigenvalue weighted by atomic mass is 16.2. The van der Waals surface area contributed by atoms with Gasteiger partial charge in [0.2, 0.25) is 11.8 Å². The Balaban J connectivity index is 1.69. The third kappa shape index (κ3) is 5.48. The quantitative estimate of drug-likeness (QED) is 0.564. The highest BCUT2D eigenvalue weighted by molar-refractivity contribution is 6.21. The van der Waals surface area contributed by atoms with Gasteiger partial charge < -0.3 is 10.2 Å². The Bertz CT molecular complexity index is 997. The number of carbonyl (C=O) groups is 4. The first-order chi connectivity index (χ1) is 15.9. The van der Waals surface area contributed by atoms with Crippen molar-refractivity contribution in [2.75, 3.05) is 13.1 Å². The Morgan fingerprint density at radius 2 is 1.58 bits per heavy atom. The lowest BCUT2D eigenvalue weighted by molar-refractivity contribution is -0.141. The van der Waals surface area contributed by atoms with E-state index in [1.807, 2.05) is 45.0 Å². The number of benzene rings is 2. The number of amides is 4. The SMILES string of the molecule is CCNC(=O)C(CC)N(Cc1ccc(C)cc1)C(=O)CCCN1C(=O)c2ccccc2C1=O. The molecule has 1 aliphatic rings. The Morgan fingerprint density at radius 1 is 0.970 bits per heavy atom. The number of rotatable bonds is 10. The number of fused-ring (bicyclic) bond motifs is 1. The number of nitrogens with zero attached hydrogens (tertiary/aromatic N) is 2. The number of hydrogen-bond donors (Lipinski definition) is 1. The summed E-state index contributed by atoms with van der Waals surface area (Å²) in [6.07, 6.45) is 0.956. The lowest BCUT2D eigenvalue weighted by Gasteiger charge is -2.31. The van der Waals surface area contributed by atoms with E-state index in [4.69, 9.17) is 0 Å². The van der Waals surface area contributed by atoms with Crippen molar-refractivity contribution in [3.05, 3.63) is 70.8 Å². The van der Waals surface area contributed by atoms with Crippen LogP contribution in [0.3, 0.4) is 0 Å². The number of carbonyl (C=O) groups excluding carboxylic acids is 4. The first-order valence-electron chi connectivity index (χ1n) is 11.4. The van der Waals surface area contributed by atoms with Crippen molar-refractivity contribution in [3.8, 4) is 0 Å². The van der Waals surface area contributed by atoms with Crippen LogP contribution in [0, 0.1) is 6.92 Å². The molecule has 0 aliphatic carbocycles. The van der Waals surface area contributed by atoms with Gasteiger partial charge in [-0.15, -0.1) is 0 Å². The molecule has 0 bridgehead atoms. The molecule has 7 nitrogen and oxygen atoms in total. The average Bonchev–Trinajstić information content (AvgIpc) is 3.05. The van der Waals surface area contributed by atoms with E-state index in [-0.39, 0.29) is 36.6 Å². The van der Waals surface area contributed by atoms with Gasteiger partial charge in [-0.2, -0.15) is 0 Å². The molecule has 33 heavy (non-hydrogen) atoms. The molecule has 0 fully saturated rings. The molecule has 1 aliphatic heterocycles. The molecule has 1 N–H and O–H groups in total. The lowest BCUT2D eigenvalue weighted by atomic mass is 10.1. The molecule has 7 heteroatoms. The Hall–Kier alpha value is -3.48. The first kappa shape index (κ1) is 24.2. The van der Waals surface area contributed by atoms with E-state index in [1.165, 1.54) is 4.90 Å². The first-order valence-corrected chi connectivity index (χ1v) is 11.4. The monoisotopic (exact) mass is 449 g/mol. The van der Waals surface area contributed by atoms with E-state index < -0.39 is 6.04 Å². The van der Waals surface area contributed by atoms with Crippen LogP contribution in [0.15, 0.2) is 48.5 Å². The molecule has 0 aromatic heterocycles. The van der Waals surface area contributed by atoms with Gasteiger partial charge in [-0.1, -0.05) is 48.9 Å². The molecule has 2 aromatic rings. The minimum atomic E-state index is -0.585. The molecule has 2 aromatic carbocycles. The van der Waals surface area contributed by atoms with Crippen LogP contribution in [0.4, 0.5) is 0 Å². The van der Waals surface area contributed by atoms with Gasteiger partial charge in [0.25, 0.3) is 11.8 Å². The second kappa shape index (κ2) is 10.9. The number of aryl methyl sites for hydroxylation is 1. The molecule has 0 radical (unpaired) electrons. The molecule has 0 saturated carbocycles. The van der Waals surface area contributed by atoms with Gasteiger partial charge >= 0.3 is 0 Å². The molecule has 3 rings (SSSR count). The van der Waals surface area contributed by atoms with E-state index in [0.29, 0.717) is 37.1 Å². The molecular formula is C26H31N3O4. The normalized spacial score (nSPS) is 13.6. The molecule has 174 valence electrons. The molecule has 1 unspecified atom stereocenters. The maximum absolute atomic E-state index is 13.2.